The van der Waals surface area contributed by atoms with Gasteiger partial charge >= 0.3 is 0 Å². The van der Waals surface area contributed by atoms with E-state index in [2.05, 4.69) is 61.1 Å². The van der Waals surface area contributed by atoms with Crippen molar-refractivity contribution in [2.24, 2.45) is 5.10 Å². The summed E-state index contributed by atoms with van der Waals surface area (Å²) in [6, 6.07) is 17.6. The Morgan fingerprint density at radius 3 is 2.67 bits per heavy atom. The molecule has 126 valence electrons. The molecule has 0 aliphatic carbocycles. The van der Waals surface area contributed by atoms with Crippen LogP contribution in [0.1, 0.15) is 38.3 Å². The lowest BCUT2D eigenvalue weighted by molar-refractivity contribution is 0.625. The molecular formula is C21H27N3. The molecule has 1 heterocycles. The number of nitrogens with zero attached hydrogens (tertiary/aromatic N) is 3. The van der Waals surface area contributed by atoms with E-state index < -0.39 is 0 Å². The highest BCUT2D eigenvalue weighted by Gasteiger charge is 2.18. The van der Waals surface area contributed by atoms with Crippen LogP contribution in [-0.2, 0) is 6.42 Å². The Morgan fingerprint density at radius 2 is 1.96 bits per heavy atom. The molecule has 0 atom stereocenters. The summed E-state index contributed by atoms with van der Waals surface area (Å²) in [4.78, 5) is 2.50. The van der Waals surface area contributed by atoms with Crippen molar-refractivity contribution in [3.8, 4) is 0 Å². The Balaban J connectivity index is 1.81. The number of hydrogen-bond acceptors (Lipinski definition) is 3. The van der Waals surface area contributed by atoms with Crippen molar-refractivity contribution in [2.45, 2.75) is 39.7 Å². The lowest BCUT2D eigenvalue weighted by atomic mass is 9.98. The van der Waals surface area contributed by atoms with E-state index in [-0.39, 0.29) is 0 Å². The fraction of sp³-hybridized carbons (Fsp3) is 0.381. The molecule has 0 amide bonds. The number of anilines is 2. The molecule has 0 aromatic heterocycles. The first-order chi connectivity index (χ1) is 11.7. The average molecular weight is 321 g/mol. The van der Waals surface area contributed by atoms with E-state index in [1.807, 2.05) is 29.4 Å². The van der Waals surface area contributed by atoms with E-state index in [0.717, 1.165) is 25.2 Å². The molecule has 3 rings (SSSR count). The van der Waals surface area contributed by atoms with Crippen molar-refractivity contribution in [3.63, 3.8) is 0 Å². The lowest BCUT2D eigenvalue weighted by Gasteiger charge is -2.34. The molecule has 3 nitrogen and oxygen atoms in total. The summed E-state index contributed by atoms with van der Waals surface area (Å²) in [5.74, 6) is 0. The van der Waals surface area contributed by atoms with Crippen molar-refractivity contribution in [3.05, 3.63) is 59.7 Å². The van der Waals surface area contributed by atoms with Gasteiger partial charge in [0, 0.05) is 24.8 Å². The minimum Gasteiger partial charge on any atom is -0.369 e. The zero-order chi connectivity index (χ0) is 16.9. The van der Waals surface area contributed by atoms with E-state index in [0.29, 0.717) is 6.04 Å². The van der Waals surface area contributed by atoms with Crippen molar-refractivity contribution in [2.75, 3.05) is 23.0 Å². The predicted octanol–water partition coefficient (Wildman–Crippen LogP) is 4.71. The van der Waals surface area contributed by atoms with Crippen molar-refractivity contribution in [1.82, 2.24) is 0 Å². The second-order valence-electron chi connectivity index (χ2n) is 6.57. The number of hydrogen-bond donors (Lipinski definition) is 0. The van der Waals surface area contributed by atoms with Gasteiger partial charge in [0.15, 0.2) is 0 Å². The van der Waals surface area contributed by atoms with Crippen LogP contribution in [0, 0.1) is 0 Å². The highest BCUT2D eigenvalue weighted by atomic mass is 15.4. The summed E-state index contributed by atoms with van der Waals surface area (Å²) in [5.41, 5.74) is 5.14. The largest absolute Gasteiger partial charge is 0.369 e. The van der Waals surface area contributed by atoms with Crippen LogP contribution in [0.5, 0.6) is 0 Å². The summed E-state index contributed by atoms with van der Waals surface area (Å²) < 4.78 is 0. The topological polar surface area (TPSA) is 18.8 Å². The average Bonchev–Trinajstić information content (AvgIpc) is 2.62. The molecule has 0 fully saturated rings. The molecular weight excluding hydrogens is 294 g/mol. The number of aryl methyl sites for hydroxylation is 1. The van der Waals surface area contributed by atoms with Gasteiger partial charge in [0.25, 0.3) is 0 Å². The first-order valence-electron chi connectivity index (χ1n) is 8.95. The van der Waals surface area contributed by atoms with Crippen LogP contribution in [0.25, 0.3) is 0 Å². The Morgan fingerprint density at radius 1 is 1.17 bits per heavy atom. The second kappa shape index (κ2) is 7.52. The minimum absolute atomic E-state index is 0.553. The van der Waals surface area contributed by atoms with Crippen LogP contribution in [0.4, 0.5) is 11.4 Å². The molecule has 1 aliphatic rings. The molecule has 0 spiro atoms. The maximum Gasteiger partial charge on any atom is 0.0593 e. The van der Waals surface area contributed by atoms with Gasteiger partial charge in [0.2, 0.25) is 0 Å². The third-order valence-corrected chi connectivity index (χ3v) is 4.58. The van der Waals surface area contributed by atoms with Gasteiger partial charge in [0.1, 0.15) is 0 Å². The van der Waals surface area contributed by atoms with E-state index in [9.17, 15) is 0 Å². The maximum atomic E-state index is 4.68. The highest BCUT2D eigenvalue weighted by Crippen LogP contribution is 2.29. The van der Waals surface area contributed by atoms with Gasteiger partial charge in [-0.05, 0) is 69.0 Å². The maximum absolute atomic E-state index is 4.68. The molecule has 2 aromatic carbocycles. The molecule has 0 unspecified atom stereocenters. The van der Waals surface area contributed by atoms with E-state index in [1.54, 1.807) is 0 Å². The molecule has 0 N–H and O–H groups in total. The molecule has 0 saturated heterocycles. The predicted molar refractivity (Wildman–Crippen MR) is 104 cm³/mol. The Hall–Kier alpha value is -2.29. The van der Waals surface area contributed by atoms with Crippen molar-refractivity contribution in [1.29, 1.82) is 0 Å². The van der Waals surface area contributed by atoms with E-state index >= 15 is 0 Å². The number of hydrazone groups is 1. The molecule has 3 heteroatoms. The van der Waals surface area contributed by atoms with E-state index in [4.69, 9.17) is 0 Å². The summed E-state index contributed by atoms with van der Waals surface area (Å²) in [7, 11) is 0. The number of para-hydroxylation sites is 1. The van der Waals surface area contributed by atoms with E-state index in [1.165, 1.54) is 23.2 Å². The van der Waals surface area contributed by atoms with Gasteiger partial charge in [-0.3, -0.25) is 5.01 Å². The second-order valence-corrected chi connectivity index (χ2v) is 6.57. The normalized spacial score (nSPS) is 14.2. The zero-order valence-corrected chi connectivity index (χ0v) is 14.9. The van der Waals surface area contributed by atoms with Gasteiger partial charge in [-0.1, -0.05) is 24.3 Å². The molecule has 0 bridgehead atoms. The fourth-order valence-electron chi connectivity index (χ4n) is 3.33. The quantitative estimate of drug-likeness (QED) is 0.587. The van der Waals surface area contributed by atoms with Gasteiger partial charge in [-0.25, -0.2) is 0 Å². The third-order valence-electron chi connectivity index (χ3n) is 4.58. The van der Waals surface area contributed by atoms with Crippen LogP contribution < -0.4 is 9.91 Å². The van der Waals surface area contributed by atoms with Crippen LogP contribution in [0.2, 0.25) is 0 Å². The van der Waals surface area contributed by atoms with Crippen LogP contribution in [-0.4, -0.2) is 25.3 Å². The Labute approximate surface area is 145 Å². The van der Waals surface area contributed by atoms with Gasteiger partial charge < -0.3 is 4.90 Å². The molecule has 2 aromatic rings. The summed E-state index contributed by atoms with van der Waals surface area (Å²) in [5, 5.41) is 6.71. The van der Waals surface area contributed by atoms with Crippen LogP contribution in [0.3, 0.4) is 0 Å². The lowest BCUT2D eigenvalue weighted by Crippen LogP contribution is -2.35. The summed E-state index contributed by atoms with van der Waals surface area (Å²) in [6.07, 6.45) is 4.37. The monoisotopic (exact) mass is 321 g/mol. The first-order valence-corrected chi connectivity index (χ1v) is 8.95. The number of fused-ring (bicyclic) bond motifs is 1. The summed E-state index contributed by atoms with van der Waals surface area (Å²) >= 11 is 0. The molecule has 24 heavy (non-hydrogen) atoms. The van der Waals surface area contributed by atoms with Gasteiger partial charge in [0.05, 0.1) is 11.9 Å². The Kier molecular flexibility index (Phi) is 5.19. The van der Waals surface area contributed by atoms with Crippen molar-refractivity contribution < 1.29 is 0 Å². The smallest absolute Gasteiger partial charge is 0.0593 e. The fourth-order valence-corrected chi connectivity index (χ4v) is 3.33. The first kappa shape index (κ1) is 16.6. The third kappa shape index (κ3) is 3.61. The van der Waals surface area contributed by atoms with Crippen molar-refractivity contribution >= 4 is 17.6 Å². The summed E-state index contributed by atoms with van der Waals surface area (Å²) in [6.45, 7) is 8.67. The molecule has 0 saturated carbocycles. The van der Waals surface area contributed by atoms with Crippen LogP contribution in [0.15, 0.2) is 53.6 Å². The zero-order valence-electron chi connectivity index (χ0n) is 14.9. The van der Waals surface area contributed by atoms with Gasteiger partial charge in [-0.15, -0.1) is 0 Å². The Bertz CT molecular complexity index is 691. The van der Waals surface area contributed by atoms with Crippen LogP contribution >= 0.6 is 0 Å². The number of benzene rings is 2. The highest BCUT2D eigenvalue weighted by molar-refractivity contribution is 5.82. The van der Waals surface area contributed by atoms with Gasteiger partial charge in [-0.2, -0.15) is 5.10 Å². The minimum atomic E-state index is 0.553. The standard InChI is InChI=1S/C21H27N3/c1-4-24(20-10-6-5-7-11-20)22-16-18-12-13-21-19(15-18)9-8-14-23(21)17(2)3/h5-7,10-13,15-17H,4,8-9,14H2,1-3H3/b22-16+. The molecule has 1 aliphatic heterocycles. The molecule has 0 radical (unpaired) electrons. The SMILES string of the molecule is CCN(/N=C/c1ccc2c(c1)CCCN2C(C)C)c1ccccc1. The number of rotatable bonds is 5.